The van der Waals surface area contributed by atoms with Gasteiger partial charge in [0, 0.05) is 24.2 Å². The maximum Gasteiger partial charge on any atom is 0.203 e. The molecule has 2 aromatic heterocycles. The lowest BCUT2D eigenvalue weighted by molar-refractivity contribution is 0.337. The van der Waals surface area contributed by atoms with Gasteiger partial charge in [0.05, 0.1) is 24.7 Å². The number of halogens is 1. The largest absolute Gasteiger partial charge is 0.491 e. The summed E-state index contributed by atoms with van der Waals surface area (Å²) in [4.78, 5) is 21.0. The minimum absolute atomic E-state index is 0.176. The molecule has 0 N–H and O–H groups in total. The third-order valence-corrected chi connectivity index (χ3v) is 4.45. The summed E-state index contributed by atoms with van der Waals surface area (Å²) in [6.07, 6.45) is 5.13. The van der Waals surface area contributed by atoms with Gasteiger partial charge in [-0.2, -0.15) is 5.10 Å². The van der Waals surface area contributed by atoms with Crippen LogP contribution in [0.25, 0.3) is 17.1 Å². The highest BCUT2D eigenvalue weighted by Crippen LogP contribution is 2.19. The van der Waals surface area contributed by atoms with E-state index in [9.17, 15) is 9.18 Å². The lowest BCUT2D eigenvalue weighted by atomic mass is 10.1. The highest BCUT2D eigenvalue weighted by Gasteiger charge is 2.08. The average Bonchev–Trinajstić information content (AvgIpc) is 2.76. The molecule has 0 bridgehead atoms. The van der Waals surface area contributed by atoms with Crippen LogP contribution < -0.4 is 10.2 Å². The molecule has 0 spiro atoms. The van der Waals surface area contributed by atoms with Crippen LogP contribution in [-0.2, 0) is 6.42 Å². The molecule has 2 aromatic carbocycles. The summed E-state index contributed by atoms with van der Waals surface area (Å²) in [6, 6.07) is 15.1. The summed E-state index contributed by atoms with van der Waals surface area (Å²) in [5, 5.41) is 4.40. The molecule has 150 valence electrons. The third-order valence-electron chi connectivity index (χ3n) is 4.45. The van der Waals surface area contributed by atoms with E-state index in [4.69, 9.17) is 4.74 Å². The Balaban J connectivity index is 1.61. The lowest BCUT2D eigenvalue weighted by Crippen LogP contribution is -2.16. The molecule has 0 saturated carbocycles. The van der Waals surface area contributed by atoms with E-state index < -0.39 is 0 Å². The Hall–Kier alpha value is -3.87. The molecule has 30 heavy (non-hydrogen) atoms. The molecule has 0 aliphatic rings. The smallest absolute Gasteiger partial charge is 0.203 e. The topological polar surface area (TPSA) is 69.9 Å². The van der Waals surface area contributed by atoms with Crippen molar-refractivity contribution in [1.82, 2.24) is 19.7 Å². The predicted octanol–water partition coefficient (Wildman–Crippen LogP) is 3.82. The van der Waals surface area contributed by atoms with Crippen molar-refractivity contribution in [2.75, 3.05) is 6.61 Å². The second kappa shape index (κ2) is 8.65. The van der Waals surface area contributed by atoms with Gasteiger partial charge in [-0.25, -0.2) is 19.0 Å². The highest BCUT2D eigenvalue weighted by molar-refractivity contribution is 5.56. The average molecular weight is 402 g/mol. The Labute approximate surface area is 172 Å². The first-order chi connectivity index (χ1) is 14.6. The van der Waals surface area contributed by atoms with Crippen LogP contribution in [0.1, 0.15) is 18.2 Å². The number of nitrogens with zero attached hydrogens (tertiary/aromatic N) is 4. The van der Waals surface area contributed by atoms with E-state index in [1.807, 2.05) is 31.2 Å². The van der Waals surface area contributed by atoms with E-state index in [1.165, 1.54) is 29.1 Å². The molecule has 2 heterocycles. The first-order valence-corrected chi connectivity index (χ1v) is 9.51. The molecule has 0 radical (unpaired) electrons. The minimum atomic E-state index is -0.363. The van der Waals surface area contributed by atoms with Crippen LogP contribution >= 0.6 is 0 Å². The Morgan fingerprint density at radius 2 is 1.83 bits per heavy atom. The van der Waals surface area contributed by atoms with Crippen LogP contribution in [0.4, 0.5) is 4.39 Å². The van der Waals surface area contributed by atoms with Crippen molar-refractivity contribution in [1.29, 1.82) is 0 Å². The molecule has 0 aliphatic heterocycles. The molecule has 4 aromatic rings. The van der Waals surface area contributed by atoms with E-state index in [0.29, 0.717) is 36.0 Å². The highest BCUT2D eigenvalue weighted by atomic mass is 19.1. The Morgan fingerprint density at radius 3 is 2.60 bits per heavy atom. The van der Waals surface area contributed by atoms with Crippen LogP contribution in [0, 0.1) is 5.82 Å². The maximum atomic E-state index is 13.5. The first-order valence-electron chi connectivity index (χ1n) is 9.51. The SMILES string of the molecule is CCOc1cnc(-c2cccc(Cc3nn(-c4cccc(F)c4)ccc3=O)c2)nc1. The summed E-state index contributed by atoms with van der Waals surface area (Å²) in [6.45, 7) is 2.45. The van der Waals surface area contributed by atoms with Crippen LogP contribution in [-0.4, -0.2) is 26.4 Å². The molecular formula is C23H19FN4O2. The molecule has 7 heteroatoms. The summed E-state index contributed by atoms with van der Waals surface area (Å²) in [5.74, 6) is 0.819. The van der Waals surface area contributed by atoms with Crippen molar-refractivity contribution >= 4 is 0 Å². The number of benzene rings is 2. The summed E-state index contributed by atoms with van der Waals surface area (Å²) in [7, 11) is 0. The normalized spacial score (nSPS) is 10.7. The molecule has 0 unspecified atom stereocenters. The van der Waals surface area contributed by atoms with Gasteiger partial charge in [-0.05, 0) is 36.8 Å². The standard InChI is InChI=1S/C23H19FN4O2/c1-2-30-20-14-25-23(26-15-20)17-6-3-5-16(11-17)12-21-22(29)9-10-28(27-21)19-8-4-7-18(24)13-19/h3-11,13-15H,2,12H2,1H3. The van der Waals surface area contributed by atoms with Gasteiger partial charge in [0.25, 0.3) is 0 Å². The van der Waals surface area contributed by atoms with Crippen LogP contribution in [0.2, 0.25) is 0 Å². The van der Waals surface area contributed by atoms with Crippen LogP contribution in [0.3, 0.4) is 0 Å². The molecule has 0 saturated heterocycles. The zero-order valence-electron chi connectivity index (χ0n) is 16.3. The third kappa shape index (κ3) is 4.41. The fraction of sp³-hybridized carbons (Fsp3) is 0.130. The number of aromatic nitrogens is 4. The number of ether oxygens (including phenoxy) is 1. The van der Waals surface area contributed by atoms with E-state index in [1.54, 1.807) is 24.5 Å². The number of rotatable bonds is 6. The zero-order chi connectivity index (χ0) is 20.9. The predicted molar refractivity (Wildman–Crippen MR) is 111 cm³/mol. The zero-order valence-corrected chi connectivity index (χ0v) is 16.3. The first kappa shape index (κ1) is 19.4. The summed E-state index contributed by atoms with van der Waals surface area (Å²) >= 11 is 0. The Morgan fingerprint density at radius 1 is 1.03 bits per heavy atom. The van der Waals surface area contributed by atoms with E-state index >= 15 is 0 Å². The molecule has 6 nitrogen and oxygen atoms in total. The van der Waals surface area contributed by atoms with Gasteiger partial charge < -0.3 is 4.74 Å². The second-order valence-electron chi connectivity index (χ2n) is 6.60. The molecule has 0 amide bonds. The van der Waals surface area contributed by atoms with Gasteiger partial charge in [-0.1, -0.05) is 24.3 Å². The second-order valence-corrected chi connectivity index (χ2v) is 6.60. The van der Waals surface area contributed by atoms with Crippen LogP contribution in [0.15, 0.2) is 78.0 Å². The van der Waals surface area contributed by atoms with Gasteiger partial charge in [0.2, 0.25) is 5.43 Å². The van der Waals surface area contributed by atoms with Crippen LogP contribution in [0.5, 0.6) is 5.75 Å². The van der Waals surface area contributed by atoms with Gasteiger partial charge >= 0.3 is 0 Å². The fourth-order valence-corrected chi connectivity index (χ4v) is 3.05. The lowest BCUT2D eigenvalue weighted by Gasteiger charge is -2.09. The van der Waals surface area contributed by atoms with Gasteiger partial charge in [0.15, 0.2) is 11.6 Å². The Bertz CT molecular complexity index is 1220. The Kier molecular flexibility index (Phi) is 5.61. The van der Waals surface area contributed by atoms with Gasteiger partial charge in [-0.15, -0.1) is 0 Å². The molecule has 0 aliphatic carbocycles. The van der Waals surface area contributed by atoms with Crippen molar-refractivity contribution < 1.29 is 9.13 Å². The van der Waals surface area contributed by atoms with Crippen molar-refractivity contribution in [3.63, 3.8) is 0 Å². The quantitative estimate of drug-likeness (QED) is 0.490. The van der Waals surface area contributed by atoms with E-state index in [-0.39, 0.29) is 11.2 Å². The maximum absolute atomic E-state index is 13.5. The monoisotopic (exact) mass is 402 g/mol. The summed E-state index contributed by atoms with van der Waals surface area (Å²) < 4.78 is 20.4. The number of hydrogen-bond acceptors (Lipinski definition) is 5. The van der Waals surface area contributed by atoms with Crippen molar-refractivity contribution in [3.05, 3.63) is 100 Å². The van der Waals surface area contributed by atoms with E-state index in [0.717, 1.165) is 11.1 Å². The van der Waals surface area contributed by atoms with Crippen molar-refractivity contribution in [2.24, 2.45) is 0 Å². The molecule has 0 atom stereocenters. The van der Waals surface area contributed by atoms with E-state index in [2.05, 4.69) is 15.1 Å². The van der Waals surface area contributed by atoms with Crippen molar-refractivity contribution in [2.45, 2.75) is 13.3 Å². The van der Waals surface area contributed by atoms with Gasteiger partial charge in [-0.3, -0.25) is 4.79 Å². The molecule has 4 rings (SSSR count). The molecule has 0 fully saturated rings. The fourth-order valence-electron chi connectivity index (χ4n) is 3.05. The summed E-state index contributed by atoms with van der Waals surface area (Å²) in [5.41, 5.74) is 2.47. The van der Waals surface area contributed by atoms with Gasteiger partial charge in [0.1, 0.15) is 11.5 Å². The van der Waals surface area contributed by atoms with Crippen molar-refractivity contribution in [3.8, 4) is 22.8 Å². The molecular weight excluding hydrogens is 383 g/mol. The number of hydrogen-bond donors (Lipinski definition) is 0. The minimum Gasteiger partial charge on any atom is -0.491 e.